The molecule has 0 fully saturated rings. The van der Waals surface area contributed by atoms with Crippen LogP contribution in [0.2, 0.25) is 0 Å². The third-order valence-corrected chi connectivity index (χ3v) is 7.27. The van der Waals surface area contributed by atoms with Crippen LogP contribution in [0.4, 0.5) is 5.69 Å². The van der Waals surface area contributed by atoms with E-state index in [4.69, 9.17) is 18.3 Å². The van der Waals surface area contributed by atoms with Crippen molar-refractivity contribution in [2.24, 2.45) is 0 Å². The van der Waals surface area contributed by atoms with Gasteiger partial charge in [-0.3, -0.25) is 10.1 Å². The van der Waals surface area contributed by atoms with Crippen molar-refractivity contribution in [2.75, 3.05) is 7.11 Å². The molecule has 0 unspecified atom stereocenters. The highest BCUT2D eigenvalue weighted by atomic mass is 16.6. The van der Waals surface area contributed by atoms with Gasteiger partial charge in [0.1, 0.15) is 40.4 Å². The number of non-ortho nitro benzene ring substituents is 1. The van der Waals surface area contributed by atoms with Crippen molar-refractivity contribution in [3.8, 4) is 22.6 Å². The SMILES string of the molecule is COc1ccc2oc3ccc4c(c3c2c1)-c1c(cc(C(C)(C)C)c2oc3ccc([N+](=O)[O-])cc3c12)OC4. The lowest BCUT2D eigenvalue weighted by atomic mass is 9.82. The molecule has 0 bridgehead atoms. The Hall–Kier alpha value is -4.52. The minimum absolute atomic E-state index is 0.0127. The molecule has 0 atom stereocenters. The van der Waals surface area contributed by atoms with E-state index in [0.29, 0.717) is 23.2 Å². The number of nitro groups is 1. The summed E-state index contributed by atoms with van der Waals surface area (Å²) >= 11 is 0. The summed E-state index contributed by atoms with van der Waals surface area (Å²) in [5.41, 5.74) is 6.42. The van der Waals surface area contributed by atoms with E-state index in [1.807, 2.05) is 30.3 Å². The van der Waals surface area contributed by atoms with Crippen molar-refractivity contribution in [1.82, 2.24) is 0 Å². The molecular formula is C30H23NO6. The molecule has 0 N–H and O–H groups in total. The van der Waals surface area contributed by atoms with Crippen LogP contribution in [0.3, 0.4) is 0 Å². The molecule has 2 aromatic heterocycles. The fourth-order valence-electron chi connectivity index (χ4n) is 5.53. The lowest BCUT2D eigenvalue weighted by molar-refractivity contribution is -0.384. The Morgan fingerprint density at radius 1 is 0.865 bits per heavy atom. The first-order valence-corrected chi connectivity index (χ1v) is 12.1. The Balaban J connectivity index is 1.71. The van der Waals surface area contributed by atoms with Gasteiger partial charge in [-0.05, 0) is 47.4 Å². The van der Waals surface area contributed by atoms with Gasteiger partial charge in [0, 0.05) is 50.4 Å². The predicted octanol–water partition coefficient (Wildman–Crippen LogP) is 8.26. The monoisotopic (exact) mass is 493 g/mol. The molecule has 7 nitrogen and oxygen atoms in total. The molecule has 0 spiro atoms. The summed E-state index contributed by atoms with van der Waals surface area (Å²) in [6, 6.07) is 16.6. The summed E-state index contributed by atoms with van der Waals surface area (Å²) in [6.07, 6.45) is 0. The van der Waals surface area contributed by atoms with Crippen molar-refractivity contribution in [3.63, 3.8) is 0 Å². The second-order valence-corrected chi connectivity index (χ2v) is 10.5. The third-order valence-electron chi connectivity index (χ3n) is 7.27. The maximum atomic E-state index is 11.7. The molecule has 7 heteroatoms. The number of nitro benzene ring substituents is 1. The van der Waals surface area contributed by atoms with Crippen LogP contribution in [0, 0.1) is 10.1 Å². The van der Waals surface area contributed by atoms with Crippen molar-refractivity contribution in [1.29, 1.82) is 0 Å². The van der Waals surface area contributed by atoms with E-state index in [-0.39, 0.29) is 16.0 Å². The van der Waals surface area contributed by atoms with Crippen LogP contribution in [0.5, 0.6) is 11.5 Å². The van der Waals surface area contributed by atoms with Gasteiger partial charge in [-0.1, -0.05) is 26.8 Å². The first kappa shape index (κ1) is 21.7. The Bertz CT molecular complexity index is 1940. The highest BCUT2D eigenvalue weighted by Crippen LogP contribution is 2.53. The number of benzene rings is 4. The zero-order valence-electron chi connectivity index (χ0n) is 20.8. The number of rotatable bonds is 2. The van der Waals surface area contributed by atoms with E-state index in [1.165, 1.54) is 6.07 Å². The van der Waals surface area contributed by atoms with E-state index in [9.17, 15) is 10.1 Å². The maximum Gasteiger partial charge on any atom is 0.270 e. The standard InChI is InChI=1S/C30H23NO6/c1-30(2,3)20-13-24-28(27-18-11-16(31(32)33)6-9-22(18)37-29(20)27)25-15(14-35-24)5-8-23-26(25)19-12-17(34-4)7-10-21(19)36-23/h5-13H,14H2,1-4H3. The summed E-state index contributed by atoms with van der Waals surface area (Å²) in [4.78, 5) is 11.3. The van der Waals surface area contributed by atoms with Gasteiger partial charge in [0.05, 0.1) is 12.0 Å². The van der Waals surface area contributed by atoms with Gasteiger partial charge in [-0.2, -0.15) is 0 Å². The van der Waals surface area contributed by atoms with Crippen molar-refractivity contribution in [3.05, 3.63) is 75.8 Å². The quantitative estimate of drug-likeness (QED) is 0.178. The highest BCUT2D eigenvalue weighted by molar-refractivity contribution is 6.22. The fraction of sp³-hybridized carbons (Fsp3) is 0.200. The topological polar surface area (TPSA) is 87.9 Å². The molecule has 0 radical (unpaired) electrons. The van der Waals surface area contributed by atoms with Gasteiger partial charge in [0.15, 0.2) is 0 Å². The summed E-state index contributed by atoms with van der Waals surface area (Å²) < 4.78 is 24.5. The van der Waals surface area contributed by atoms with Crippen LogP contribution >= 0.6 is 0 Å². The Morgan fingerprint density at radius 2 is 1.59 bits per heavy atom. The van der Waals surface area contributed by atoms with E-state index in [0.717, 1.165) is 61.1 Å². The van der Waals surface area contributed by atoms with E-state index >= 15 is 0 Å². The van der Waals surface area contributed by atoms with E-state index in [2.05, 4.69) is 26.8 Å². The van der Waals surface area contributed by atoms with Gasteiger partial charge in [0.2, 0.25) is 0 Å². The first-order chi connectivity index (χ1) is 17.7. The lowest BCUT2D eigenvalue weighted by Crippen LogP contribution is -2.14. The van der Waals surface area contributed by atoms with Crippen LogP contribution in [0.1, 0.15) is 31.9 Å². The van der Waals surface area contributed by atoms with Gasteiger partial charge >= 0.3 is 0 Å². The van der Waals surface area contributed by atoms with Gasteiger partial charge in [0.25, 0.3) is 5.69 Å². The van der Waals surface area contributed by atoms with Crippen molar-refractivity contribution < 1.29 is 23.2 Å². The number of ether oxygens (including phenoxy) is 2. The van der Waals surface area contributed by atoms with Crippen LogP contribution in [0.15, 0.2) is 63.4 Å². The Kier molecular flexibility index (Phi) is 4.26. The molecule has 184 valence electrons. The average molecular weight is 494 g/mol. The van der Waals surface area contributed by atoms with Gasteiger partial charge in [-0.15, -0.1) is 0 Å². The second-order valence-electron chi connectivity index (χ2n) is 10.5. The zero-order chi connectivity index (χ0) is 25.6. The largest absolute Gasteiger partial charge is 0.497 e. The molecule has 0 saturated heterocycles. The molecule has 3 heterocycles. The number of hydrogen-bond donors (Lipinski definition) is 0. The minimum atomic E-state index is -0.378. The first-order valence-electron chi connectivity index (χ1n) is 12.1. The van der Waals surface area contributed by atoms with Crippen LogP contribution in [-0.4, -0.2) is 12.0 Å². The second kappa shape index (κ2) is 7.26. The number of nitrogens with zero attached hydrogens (tertiary/aromatic N) is 1. The average Bonchev–Trinajstić information content (AvgIpc) is 3.44. The molecule has 1 aliphatic rings. The van der Waals surface area contributed by atoms with Gasteiger partial charge in [-0.25, -0.2) is 0 Å². The molecular weight excluding hydrogens is 470 g/mol. The Labute approximate surface area is 211 Å². The van der Waals surface area contributed by atoms with E-state index in [1.54, 1.807) is 19.2 Å². The molecule has 4 aromatic carbocycles. The number of fused-ring (bicyclic) bond motifs is 11. The summed E-state index contributed by atoms with van der Waals surface area (Å²) in [6.45, 7) is 6.76. The summed E-state index contributed by atoms with van der Waals surface area (Å²) in [7, 11) is 1.64. The number of methoxy groups -OCH3 is 1. The van der Waals surface area contributed by atoms with Crippen molar-refractivity contribution >= 4 is 49.6 Å². The zero-order valence-corrected chi connectivity index (χ0v) is 20.8. The van der Waals surface area contributed by atoms with Crippen LogP contribution in [0.25, 0.3) is 55.0 Å². The van der Waals surface area contributed by atoms with Crippen molar-refractivity contribution in [2.45, 2.75) is 32.8 Å². The predicted molar refractivity (Wildman–Crippen MR) is 143 cm³/mol. The van der Waals surface area contributed by atoms with E-state index < -0.39 is 0 Å². The summed E-state index contributed by atoms with van der Waals surface area (Å²) in [5, 5.41) is 15.1. The maximum absolute atomic E-state index is 11.7. The third kappa shape index (κ3) is 3.00. The van der Waals surface area contributed by atoms with Crippen LogP contribution < -0.4 is 9.47 Å². The molecule has 0 amide bonds. The number of hydrogen-bond acceptors (Lipinski definition) is 6. The lowest BCUT2D eigenvalue weighted by Gasteiger charge is -2.26. The Morgan fingerprint density at radius 3 is 2.35 bits per heavy atom. The number of furan rings is 2. The van der Waals surface area contributed by atoms with Gasteiger partial charge < -0.3 is 18.3 Å². The summed E-state index contributed by atoms with van der Waals surface area (Å²) in [5.74, 6) is 1.46. The fourth-order valence-corrected chi connectivity index (χ4v) is 5.53. The molecule has 37 heavy (non-hydrogen) atoms. The molecule has 7 rings (SSSR count). The molecule has 6 aromatic rings. The highest BCUT2D eigenvalue weighted by Gasteiger charge is 2.32. The minimum Gasteiger partial charge on any atom is -0.497 e. The van der Waals surface area contributed by atoms with Crippen LogP contribution in [-0.2, 0) is 12.0 Å². The normalized spacial score (nSPS) is 13.2. The smallest absolute Gasteiger partial charge is 0.270 e. The molecule has 0 aliphatic carbocycles. The molecule has 0 saturated carbocycles. The molecule has 1 aliphatic heterocycles.